The third-order valence-electron chi connectivity index (χ3n) is 4.77. The Hall–Kier alpha value is -0.630. The molecule has 3 aliphatic rings. The van der Waals surface area contributed by atoms with Gasteiger partial charge in [0.25, 0.3) is 0 Å². The van der Waals surface area contributed by atoms with Crippen molar-refractivity contribution < 1.29 is 9.47 Å². The summed E-state index contributed by atoms with van der Waals surface area (Å²) in [5.41, 5.74) is -0.267. The molecule has 3 fully saturated rings. The van der Waals surface area contributed by atoms with E-state index in [-0.39, 0.29) is 11.6 Å². The zero-order valence-electron chi connectivity index (χ0n) is 11.6. The molecule has 2 aliphatic carbocycles. The number of rotatable bonds is 6. The van der Waals surface area contributed by atoms with E-state index in [2.05, 4.69) is 11.4 Å². The van der Waals surface area contributed by atoms with E-state index in [1.807, 2.05) is 0 Å². The molecule has 3 unspecified atom stereocenters. The molecule has 3 rings (SSSR count). The molecule has 1 N–H and O–H groups in total. The zero-order chi connectivity index (χ0) is 13.1. The molecule has 0 aromatic heterocycles. The summed E-state index contributed by atoms with van der Waals surface area (Å²) in [6.45, 7) is 2.35. The molecule has 0 bridgehead atoms. The van der Waals surface area contributed by atoms with Crippen molar-refractivity contribution in [3.63, 3.8) is 0 Å². The highest BCUT2D eigenvalue weighted by molar-refractivity contribution is 5.16. The molecule has 0 aromatic carbocycles. The van der Waals surface area contributed by atoms with Gasteiger partial charge in [0.2, 0.25) is 0 Å². The van der Waals surface area contributed by atoms with Crippen LogP contribution in [0.5, 0.6) is 0 Å². The van der Waals surface area contributed by atoms with Crippen molar-refractivity contribution in [2.45, 2.75) is 62.6 Å². The van der Waals surface area contributed by atoms with E-state index >= 15 is 0 Å². The van der Waals surface area contributed by atoms with Gasteiger partial charge < -0.3 is 9.47 Å². The molecular formula is C15H24N2O2. The highest BCUT2D eigenvalue weighted by Crippen LogP contribution is 2.40. The van der Waals surface area contributed by atoms with Crippen LogP contribution in [0, 0.1) is 17.2 Å². The summed E-state index contributed by atoms with van der Waals surface area (Å²) < 4.78 is 11.2. The van der Waals surface area contributed by atoms with Crippen LogP contribution in [-0.2, 0) is 9.47 Å². The lowest BCUT2D eigenvalue weighted by atomic mass is 9.86. The van der Waals surface area contributed by atoms with Crippen molar-refractivity contribution >= 4 is 0 Å². The molecule has 0 radical (unpaired) electrons. The van der Waals surface area contributed by atoms with Gasteiger partial charge in [0.05, 0.1) is 18.8 Å². The van der Waals surface area contributed by atoms with E-state index in [0.717, 1.165) is 45.5 Å². The summed E-state index contributed by atoms with van der Waals surface area (Å²) in [4.78, 5) is 0. The van der Waals surface area contributed by atoms with E-state index in [1.165, 1.54) is 19.3 Å². The molecule has 1 saturated heterocycles. The summed E-state index contributed by atoms with van der Waals surface area (Å²) in [7, 11) is 0. The van der Waals surface area contributed by atoms with Crippen LogP contribution in [0.25, 0.3) is 0 Å². The fraction of sp³-hybridized carbons (Fsp3) is 0.933. The minimum atomic E-state index is -0.267. The smallest absolute Gasteiger partial charge is 0.109 e. The maximum absolute atomic E-state index is 9.60. The summed E-state index contributed by atoms with van der Waals surface area (Å²) in [6.07, 6.45) is 8.14. The predicted molar refractivity (Wildman–Crippen MR) is 71.6 cm³/mol. The summed E-state index contributed by atoms with van der Waals surface area (Å²) in [6, 6.07) is 3.19. The molecule has 0 aromatic rings. The second-order valence-corrected chi connectivity index (χ2v) is 6.24. The Morgan fingerprint density at radius 1 is 1.32 bits per heavy atom. The predicted octanol–water partition coefficient (Wildman–Crippen LogP) is 2.00. The number of nitrogens with one attached hydrogen (secondary N) is 1. The second-order valence-electron chi connectivity index (χ2n) is 6.24. The molecule has 2 saturated carbocycles. The van der Waals surface area contributed by atoms with Crippen LogP contribution in [0.3, 0.4) is 0 Å². The average Bonchev–Trinajstić information content (AvgIpc) is 2.92. The Morgan fingerprint density at radius 2 is 2.21 bits per heavy atom. The SMILES string of the molecule is N#CC1(NC2CC2)CCCC1CCOC1CCOC1. The standard InChI is InChI=1S/C15H24N2O2/c16-11-15(17-13-3-4-13)7-1-2-12(15)5-9-19-14-6-8-18-10-14/h12-14,17H,1-10H2. The summed E-state index contributed by atoms with van der Waals surface area (Å²) >= 11 is 0. The van der Waals surface area contributed by atoms with E-state index in [1.54, 1.807) is 0 Å². The third kappa shape index (κ3) is 3.10. The van der Waals surface area contributed by atoms with Gasteiger partial charge in [-0.25, -0.2) is 0 Å². The van der Waals surface area contributed by atoms with Crippen molar-refractivity contribution in [2.24, 2.45) is 5.92 Å². The van der Waals surface area contributed by atoms with Gasteiger partial charge in [-0.3, -0.25) is 5.32 Å². The number of hydrogen-bond donors (Lipinski definition) is 1. The average molecular weight is 264 g/mol. The summed E-state index contributed by atoms with van der Waals surface area (Å²) in [5.74, 6) is 0.459. The van der Waals surface area contributed by atoms with Crippen LogP contribution >= 0.6 is 0 Å². The molecule has 19 heavy (non-hydrogen) atoms. The lowest BCUT2D eigenvalue weighted by Gasteiger charge is -2.30. The lowest BCUT2D eigenvalue weighted by Crippen LogP contribution is -2.48. The topological polar surface area (TPSA) is 54.3 Å². The van der Waals surface area contributed by atoms with E-state index in [4.69, 9.17) is 9.47 Å². The molecule has 1 heterocycles. The number of nitriles is 1. The summed E-state index contributed by atoms with van der Waals surface area (Å²) in [5, 5.41) is 13.2. The number of hydrogen-bond acceptors (Lipinski definition) is 4. The fourth-order valence-corrected chi connectivity index (χ4v) is 3.45. The van der Waals surface area contributed by atoms with Gasteiger partial charge in [-0.1, -0.05) is 6.42 Å². The van der Waals surface area contributed by atoms with Gasteiger partial charge in [-0.15, -0.1) is 0 Å². The minimum absolute atomic E-state index is 0.267. The molecule has 4 nitrogen and oxygen atoms in total. The Kier molecular flexibility index (Phi) is 4.07. The maximum Gasteiger partial charge on any atom is 0.109 e. The van der Waals surface area contributed by atoms with Gasteiger partial charge >= 0.3 is 0 Å². The van der Waals surface area contributed by atoms with Gasteiger partial charge in [-0.2, -0.15) is 5.26 Å². The Balaban J connectivity index is 1.48. The van der Waals surface area contributed by atoms with E-state index in [0.29, 0.717) is 12.0 Å². The van der Waals surface area contributed by atoms with Gasteiger partial charge in [0.15, 0.2) is 0 Å². The molecule has 1 aliphatic heterocycles. The van der Waals surface area contributed by atoms with Gasteiger partial charge in [0.1, 0.15) is 5.54 Å². The van der Waals surface area contributed by atoms with Crippen molar-refractivity contribution in [1.29, 1.82) is 5.26 Å². The van der Waals surface area contributed by atoms with E-state index < -0.39 is 0 Å². The first kappa shape index (κ1) is 13.4. The molecule has 3 atom stereocenters. The van der Waals surface area contributed by atoms with Crippen LogP contribution in [0.15, 0.2) is 0 Å². The second kappa shape index (κ2) is 5.78. The largest absolute Gasteiger partial charge is 0.379 e. The monoisotopic (exact) mass is 264 g/mol. The number of nitrogens with zero attached hydrogens (tertiary/aromatic N) is 1. The van der Waals surface area contributed by atoms with Crippen LogP contribution in [0.1, 0.15) is 44.9 Å². The minimum Gasteiger partial charge on any atom is -0.379 e. The molecule has 0 spiro atoms. The van der Waals surface area contributed by atoms with Crippen molar-refractivity contribution in [3.05, 3.63) is 0 Å². The fourth-order valence-electron chi connectivity index (χ4n) is 3.45. The molecule has 106 valence electrons. The zero-order valence-corrected chi connectivity index (χ0v) is 11.6. The van der Waals surface area contributed by atoms with Gasteiger partial charge in [0, 0.05) is 19.3 Å². The Morgan fingerprint density at radius 3 is 2.89 bits per heavy atom. The normalized spacial score (nSPS) is 38.5. The van der Waals surface area contributed by atoms with Crippen molar-refractivity contribution in [3.8, 4) is 6.07 Å². The molecule has 0 amide bonds. The molecular weight excluding hydrogens is 240 g/mol. The Labute approximate surface area is 115 Å². The lowest BCUT2D eigenvalue weighted by molar-refractivity contribution is 0.0321. The van der Waals surface area contributed by atoms with Gasteiger partial charge in [-0.05, 0) is 44.4 Å². The van der Waals surface area contributed by atoms with Crippen LogP contribution in [0.4, 0.5) is 0 Å². The first-order valence-corrected chi connectivity index (χ1v) is 7.71. The Bertz CT molecular complexity index is 345. The third-order valence-corrected chi connectivity index (χ3v) is 4.77. The molecule has 4 heteroatoms. The van der Waals surface area contributed by atoms with Crippen LogP contribution < -0.4 is 5.32 Å². The highest BCUT2D eigenvalue weighted by atomic mass is 16.5. The quantitative estimate of drug-likeness (QED) is 0.797. The van der Waals surface area contributed by atoms with E-state index in [9.17, 15) is 5.26 Å². The number of ether oxygens (including phenoxy) is 2. The van der Waals surface area contributed by atoms with Crippen LogP contribution in [-0.4, -0.2) is 37.5 Å². The highest BCUT2D eigenvalue weighted by Gasteiger charge is 2.45. The first-order valence-electron chi connectivity index (χ1n) is 7.71. The van der Waals surface area contributed by atoms with Crippen LogP contribution in [0.2, 0.25) is 0 Å². The maximum atomic E-state index is 9.60. The van der Waals surface area contributed by atoms with Crippen molar-refractivity contribution in [1.82, 2.24) is 5.32 Å². The van der Waals surface area contributed by atoms with Crippen molar-refractivity contribution in [2.75, 3.05) is 19.8 Å². The first-order chi connectivity index (χ1) is 9.32.